The number of carbonyl (C=O) groups is 2. The van der Waals surface area contributed by atoms with E-state index in [4.69, 9.17) is 4.84 Å². The van der Waals surface area contributed by atoms with E-state index in [0.717, 1.165) is 29.3 Å². The lowest BCUT2D eigenvalue weighted by Gasteiger charge is -2.13. The van der Waals surface area contributed by atoms with Crippen molar-refractivity contribution in [2.45, 2.75) is 12.4 Å². The van der Waals surface area contributed by atoms with Gasteiger partial charge in [0.1, 0.15) is 0 Å². The molecule has 0 aliphatic carbocycles. The monoisotopic (exact) mass is 591 g/mol. The Morgan fingerprint density at radius 3 is 1.36 bits per heavy atom. The lowest BCUT2D eigenvalue weighted by molar-refractivity contribution is -0.138. The molecule has 4 aromatic rings. The average molecular weight is 592 g/mol. The molecule has 0 bridgehead atoms. The van der Waals surface area contributed by atoms with Gasteiger partial charge in [0.15, 0.2) is 0 Å². The SMILES string of the molecule is COC(=O)c1ccc(-c2ccc(C(F)(F)F)cc2)nc1.CON(C)C(=O)c1ccc(-c2ccc(C(F)(F)F)cc2)nc1. The second-order valence-electron chi connectivity index (χ2n) is 8.49. The molecule has 0 N–H and O–H groups in total. The number of hydrogen-bond acceptors (Lipinski definition) is 6. The van der Waals surface area contributed by atoms with Crippen LogP contribution in [0.3, 0.4) is 0 Å². The number of hydrogen-bond donors (Lipinski definition) is 0. The summed E-state index contributed by atoms with van der Waals surface area (Å²) in [5.41, 5.74) is 1.19. The Bertz CT molecular complexity index is 1490. The first-order valence-electron chi connectivity index (χ1n) is 11.9. The van der Waals surface area contributed by atoms with Crippen molar-refractivity contribution < 1.29 is 45.5 Å². The number of benzene rings is 2. The van der Waals surface area contributed by atoms with Gasteiger partial charge in [-0.1, -0.05) is 24.3 Å². The predicted molar refractivity (Wildman–Crippen MR) is 140 cm³/mol. The first-order valence-corrected chi connectivity index (χ1v) is 11.9. The largest absolute Gasteiger partial charge is 0.465 e. The van der Waals surface area contributed by atoms with Crippen molar-refractivity contribution in [1.82, 2.24) is 15.0 Å². The average Bonchev–Trinajstić information content (AvgIpc) is 2.99. The molecule has 0 atom stereocenters. The molecule has 7 nitrogen and oxygen atoms in total. The first kappa shape index (κ1) is 31.7. The van der Waals surface area contributed by atoms with E-state index in [-0.39, 0.29) is 11.5 Å². The summed E-state index contributed by atoms with van der Waals surface area (Å²) >= 11 is 0. The Labute approximate surface area is 236 Å². The van der Waals surface area contributed by atoms with Crippen molar-refractivity contribution in [3.05, 3.63) is 107 Å². The Hall–Kier alpha value is -4.78. The molecule has 0 saturated carbocycles. The van der Waals surface area contributed by atoms with Crippen LogP contribution in [0.4, 0.5) is 26.3 Å². The van der Waals surface area contributed by atoms with Gasteiger partial charge < -0.3 is 4.74 Å². The first-order chi connectivity index (χ1) is 19.7. The minimum absolute atomic E-state index is 0.281. The van der Waals surface area contributed by atoms with Gasteiger partial charge in [0.25, 0.3) is 5.91 Å². The number of aromatic nitrogens is 2. The van der Waals surface area contributed by atoms with Gasteiger partial charge in [-0.15, -0.1) is 0 Å². The Morgan fingerprint density at radius 2 is 1.05 bits per heavy atom. The number of halogens is 6. The number of amides is 1. The smallest absolute Gasteiger partial charge is 0.416 e. The molecule has 13 heteroatoms. The maximum atomic E-state index is 12.5. The highest BCUT2D eigenvalue weighted by Gasteiger charge is 2.30. The minimum Gasteiger partial charge on any atom is -0.465 e. The predicted octanol–water partition coefficient (Wildman–Crippen LogP) is 6.95. The zero-order valence-electron chi connectivity index (χ0n) is 22.3. The van der Waals surface area contributed by atoms with E-state index >= 15 is 0 Å². The van der Waals surface area contributed by atoms with Crippen LogP contribution in [0.2, 0.25) is 0 Å². The van der Waals surface area contributed by atoms with Gasteiger partial charge in [-0.2, -0.15) is 26.3 Å². The van der Waals surface area contributed by atoms with E-state index in [1.54, 1.807) is 12.1 Å². The van der Waals surface area contributed by atoms with Crippen molar-refractivity contribution in [3.8, 4) is 22.5 Å². The number of esters is 1. The van der Waals surface area contributed by atoms with Crippen molar-refractivity contribution in [2.75, 3.05) is 21.3 Å². The maximum Gasteiger partial charge on any atom is 0.416 e. The third kappa shape index (κ3) is 8.13. The topological polar surface area (TPSA) is 81.6 Å². The quantitative estimate of drug-likeness (QED) is 0.142. The highest BCUT2D eigenvalue weighted by atomic mass is 19.4. The summed E-state index contributed by atoms with van der Waals surface area (Å²) in [6.07, 6.45) is -6.06. The Balaban J connectivity index is 0.000000231. The second kappa shape index (κ2) is 13.3. The van der Waals surface area contributed by atoms with Gasteiger partial charge in [-0.05, 0) is 48.5 Å². The number of ether oxygens (including phenoxy) is 1. The molecule has 0 spiro atoms. The lowest BCUT2D eigenvalue weighted by Crippen LogP contribution is -2.25. The maximum absolute atomic E-state index is 12.5. The van der Waals surface area contributed by atoms with E-state index in [0.29, 0.717) is 28.1 Å². The molecule has 2 heterocycles. The summed E-state index contributed by atoms with van der Waals surface area (Å²) in [7, 11) is 4.08. The summed E-state index contributed by atoms with van der Waals surface area (Å²) in [5, 5.41) is 1.05. The molecule has 2 aromatic heterocycles. The normalized spacial score (nSPS) is 11.3. The van der Waals surface area contributed by atoms with Crippen LogP contribution in [0.5, 0.6) is 0 Å². The fourth-order valence-corrected chi connectivity index (χ4v) is 3.42. The number of pyridine rings is 2. The van der Waals surface area contributed by atoms with Gasteiger partial charge in [0, 0.05) is 30.6 Å². The molecule has 1 amide bonds. The van der Waals surface area contributed by atoms with Crippen LogP contribution in [-0.2, 0) is 21.9 Å². The van der Waals surface area contributed by atoms with Crippen molar-refractivity contribution in [2.24, 2.45) is 0 Å². The second-order valence-corrected chi connectivity index (χ2v) is 8.49. The van der Waals surface area contributed by atoms with Crippen LogP contribution in [-0.4, -0.2) is 48.2 Å². The molecule has 0 radical (unpaired) electrons. The number of carbonyl (C=O) groups excluding carboxylic acids is 2. The summed E-state index contributed by atoms with van der Waals surface area (Å²) in [5.74, 6) is -0.884. The summed E-state index contributed by atoms with van der Waals surface area (Å²) in [4.78, 5) is 35.9. The molecular formula is C29H23F6N3O4. The number of hydroxylamine groups is 2. The summed E-state index contributed by atoms with van der Waals surface area (Å²) < 4.78 is 79.3. The molecular weight excluding hydrogens is 568 g/mol. The van der Waals surface area contributed by atoms with Crippen LogP contribution in [0.25, 0.3) is 22.5 Å². The van der Waals surface area contributed by atoms with Crippen LogP contribution >= 0.6 is 0 Å². The highest BCUT2D eigenvalue weighted by Crippen LogP contribution is 2.31. The van der Waals surface area contributed by atoms with Crippen LogP contribution in [0.1, 0.15) is 31.8 Å². The fourth-order valence-electron chi connectivity index (χ4n) is 3.42. The number of rotatable bonds is 5. The standard InChI is InChI=1S/C15H13F3N2O2.C14H10F3NO2/c1-20(22-2)14(21)11-5-8-13(19-9-11)10-3-6-12(7-4-10)15(16,17)18;1-20-13(19)10-4-7-12(18-8-10)9-2-5-11(6-3-9)14(15,16)17/h3-9H,1-2H3;2-8H,1H3. The van der Waals surface area contributed by atoms with Gasteiger partial charge in [-0.3, -0.25) is 19.6 Å². The third-order valence-electron chi connectivity index (χ3n) is 5.77. The molecule has 0 fully saturated rings. The Morgan fingerprint density at radius 1 is 0.643 bits per heavy atom. The van der Waals surface area contributed by atoms with E-state index in [1.165, 1.54) is 70.1 Å². The summed E-state index contributed by atoms with van der Waals surface area (Å²) in [6, 6.07) is 15.5. The number of alkyl halides is 6. The van der Waals surface area contributed by atoms with Crippen molar-refractivity contribution >= 4 is 11.9 Å². The zero-order chi connectivity index (χ0) is 31.1. The fraction of sp³-hybridized carbons (Fsp3) is 0.172. The highest BCUT2D eigenvalue weighted by molar-refractivity contribution is 5.93. The molecule has 0 aliphatic heterocycles. The van der Waals surface area contributed by atoms with E-state index in [9.17, 15) is 35.9 Å². The van der Waals surface area contributed by atoms with E-state index in [2.05, 4.69) is 14.7 Å². The molecule has 0 aliphatic rings. The van der Waals surface area contributed by atoms with Gasteiger partial charge in [0.2, 0.25) is 0 Å². The van der Waals surface area contributed by atoms with Gasteiger partial charge >= 0.3 is 18.3 Å². The van der Waals surface area contributed by atoms with Crippen LogP contribution in [0.15, 0.2) is 85.2 Å². The molecule has 220 valence electrons. The van der Waals surface area contributed by atoms with Crippen LogP contribution < -0.4 is 0 Å². The lowest BCUT2D eigenvalue weighted by atomic mass is 10.1. The third-order valence-corrected chi connectivity index (χ3v) is 5.77. The molecule has 42 heavy (non-hydrogen) atoms. The van der Waals surface area contributed by atoms with Gasteiger partial charge in [-0.25, -0.2) is 9.86 Å². The Kier molecular flexibility index (Phi) is 10.0. The van der Waals surface area contributed by atoms with E-state index in [1.807, 2.05) is 0 Å². The van der Waals surface area contributed by atoms with E-state index < -0.39 is 29.4 Å². The molecule has 0 unspecified atom stereocenters. The molecule has 0 saturated heterocycles. The van der Waals surface area contributed by atoms with Crippen molar-refractivity contribution in [1.29, 1.82) is 0 Å². The van der Waals surface area contributed by atoms with Crippen LogP contribution in [0, 0.1) is 0 Å². The zero-order valence-corrected chi connectivity index (χ0v) is 22.3. The van der Waals surface area contributed by atoms with Crippen molar-refractivity contribution in [3.63, 3.8) is 0 Å². The minimum atomic E-state index is -4.37. The molecule has 4 rings (SSSR count). The molecule has 2 aromatic carbocycles. The summed E-state index contributed by atoms with van der Waals surface area (Å²) in [6.45, 7) is 0. The number of methoxy groups -OCH3 is 1. The number of nitrogens with zero attached hydrogens (tertiary/aromatic N) is 3. The van der Waals surface area contributed by atoms with Gasteiger partial charge in [0.05, 0.1) is 47.9 Å².